The summed E-state index contributed by atoms with van der Waals surface area (Å²) in [5.41, 5.74) is 0.251. The zero-order valence-electron chi connectivity index (χ0n) is 14.1. The van der Waals surface area contributed by atoms with Gasteiger partial charge in [0.25, 0.3) is 5.91 Å². The molecule has 1 aromatic rings. The highest BCUT2D eigenvalue weighted by Gasteiger charge is 2.52. The van der Waals surface area contributed by atoms with Crippen molar-refractivity contribution >= 4 is 11.9 Å². The highest BCUT2D eigenvalue weighted by atomic mass is 19.1. The van der Waals surface area contributed by atoms with Crippen molar-refractivity contribution in [1.29, 1.82) is 0 Å². The molecule has 0 radical (unpaired) electrons. The van der Waals surface area contributed by atoms with Crippen molar-refractivity contribution in [2.24, 2.45) is 5.41 Å². The van der Waals surface area contributed by atoms with E-state index in [1.807, 2.05) is 11.9 Å². The van der Waals surface area contributed by atoms with Gasteiger partial charge in [0.2, 0.25) is 0 Å². The number of piperidine rings is 2. The average Bonchev–Trinajstić information content (AvgIpc) is 2.53. The van der Waals surface area contributed by atoms with E-state index < -0.39 is 17.2 Å². The standard InChI is InChI=1S/C18H23FN2O3/c1-12-8-13(10-14(19)9-12)16(22)21-7-5-18(17(23)24)4-3-6-20(2)15(18)11-21/h8-10,15H,3-7,11H2,1-2H3,(H,23,24)/t15-,18+/m1/s1. The first-order valence-corrected chi connectivity index (χ1v) is 8.33. The lowest BCUT2D eigenvalue weighted by Crippen LogP contribution is -2.63. The van der Waals surface area contributed by atoms with Crippen molar-refractivity contribution in [3.05, 3.63) is 35.1 Å². The SMILES string of the molecule is Cc1cc(F)cc(C(=O)N2CC[C@@]3(C(=O)O)CCCN(C)[C@@H]3C2)c1. The molecule has 2 fully saturated rings. The first-order valence-electron chi connectivity index (χ1n) is 8.33. The van der Waals surface area contributed by atoms with Crippen LogP contribution in [0.25, 0.3) is 0 Å². The molecule has 0 spiro atoms. The van der Waals surface area contributed by atoms with E-state index in [1.54, 1.807) is 17.9 Å². The lowest BCUT2D eigenvalue weighted by atomic mass is 9.68. The average molecular weight is 334 g/mol. The largest absolute Gasteiger partial charge is 0.481 e. The van der Waals surface area contributed by atoms with E-state index in [0.717, 1.165) is 13.0 Å². The van der Waals surface area contributed by atoms with Gasteiger partial charge in [0, 0.05) is 24.7 Å². The van der Waals surface area contributed by atoms with Crippen molar-refractivity contribution in [1.82, 2.24) is 9.80 Å². The molecular formula is C18H23FN2O3. The number of carboxylic acid groups (broad SMARTS) is 1. The summed E-state index contributed by atoms with van der Waals surface area (Å²) in [6.07, 6.45) is 1.95. The summed E-state index contributed by atoms with van der Waals surface area (Å²) in [5, 5.41) is 9.78. The van der Waals surface area contributed by atoms with Crippen LogP contribution in [0.2, 0.25) is 0 Å². The summed E-state index contributed by atoms with van der Waals surface area (Å²) in [5.74, 6) is -1.42. The van der Waals surface area contributed by atoms with Crippen LogP contribution < -0.4 is 0 Å². The monoisotopic (exact) mass is 334 g/mol. The summed E-state index contributed by atoms with van der Waals surface area (Å²) >= 11 is 0. The van der Waals surface area contributed by atoms with Crippen LogP contribution in [0, 0.1) is 18.2 Å². The second kappa shape index (κ2) is 6.16. The molecule has 0 aliphatic carbocycles. The first kappa shape index (κ1) is 16.9. The molecule has 2 aliphatic heterocycles. The number of carboxylic acids is 1. The van der Waals surface area contributed by atoms with Gasteiger partial charge in [-0.2, -0.15) is 0 Å². The molecule has 5 nitrogen and oxygen atoms in total. The van der Waals surface area contributed by atoms with Crippen LogP contribution in [0.3, 0.4) is 0 Å². The Hall–Kier alpha value is -1.95. The number of likely N-dealkylation sites (N-methyl/N-ethyl adjacent to an activating group) is 1. The Morgan fingerprint density at radius 3 is 2.67 bits per heavy atom. The fraction of sp³-hybridized carbons (Fsp3) is 0.556. The lowest BCUT2D eigenvalue weighted by Gasteiger charge is -2.51. The number of carbonyl (C=O) groups excluding carboxylic acids is 1. The van der Waals surface area contributed by atoms with Gasteiger partial charge in [-0.15, -0.1) is 0 Å². The third-order valence-corrected chi connectivity index (χ3v) is 5.53. The van der Waals surface area contributed by atoms with Crippen molar-refractivity contribution < 1.29 is 19.1 Å². The molecule has 1 amide bonds. The molecular weight excluding hydrogens is 311 g/mol. The number of nitrogens with zero attached hydrogens (tertiary/aromatic N) is 2. The van der Waals surface area contributed by atoms with Crippen molar-refractivity contribution in [3.8, 4) is 0 Å². The third-order valence-electron chi connectivity index (χ3n) is 5.53. The van der Waals surface area contributed by atoms with Gasteiger partial charge in [0.05, 0.1) is 5.41 Å². The van der Waals surface area contributed by atoms with Gasteiger partial charge >= 0.3 is 5.97 Å². The predicted octanol–water partition coefficient (Wildman–Crippen LogP) is 2.15. The Balaban J connectivity index is 1.85. The van der Waals surface area contributed by atoms with Crippen molar-refractivity contribution in [2.45, 2.75) is 32.2 Å². The Kier molecular flexibility index (Phi) is 4.34. The Labute approximate surface area is 141 Å². The molecule has 0 bridgehead atoms. The first-order chi connectivity index (χ1) is 11.3. The molecule has 3 rings (SSSR count). The summed E-state index contributed by atoms with van der Waals surface area (Å²) in [7, 11) is 1.92. The normalized spacial score (nSPS) is 27.6. The second-order valence-electron chi connectivity index (χ2n) is 7.08. The van der Waals surface area contributed by atoms with E-state index >= 15 is 0 Å². The van der Waals surface area contributed by atoms with E-state index in [2.05, 4.69) is 0 Å². The molecule has 2 aliphatic rings. The van der Waals surface area contributed by atoms with Crippen LogP contribution in [0.5, 0.6) is 0 Å². The number of likely N-dealkylation sites (tertiary alicyclic amines) is 2. The van der Waals surface area contributed by atoms with Crippen LogP contribution in [-0.4, -0.2) is 59.5 Å². The molecule has 2 heterocycles. The zero-order chi connectivity index (χ0) is 17.5. The van der Waals surface area contributed by atoms with Crippen LogP contribution in [0.1, 0.15) is 35.2 Å². The highest BCUT2D eigenvalue weighted by molar-refractivity contribution is 5.94. The van der Waals surface area contributed by atoms with Crippen LogP contribution >= 0.6 is 0 Å². The minimum Gasteiger partial charge on any atom is -0.481 e. The molecule has 2 saturated heterocycles. The lowest BCUT2D eigenvalue weighted by molar-refractivity contribution is -0.161. The molecule has 130 valence electrons. The Morgan fingerprint density at radius 1 is 1.25 bits per heavy atom. The zero-order valence-corrected chi connectivity index (χ0v) is 14.1. The van der Waals surface area contributed by atoms with Gasteiger partial charge in [-0.05, 0) is 63.5 Å². The summed E-state index contributed by atoms with van der Waals surface area (Å²) in [4.78, 5) is 28.4. The maximum atomic E-state index is 13.6. The maximum absolute atomic E-state index is 13.6. The molecule has 0 unspecified atom stereocenters. The highest BCUT2D eigenvalue weighted by Crippen LogP contribution is 2.42. The quantitative estimate of drug-likeness (QED) is 0.900. The van der Waals surface area contributed by atoms with E-state index in [0.29, 0.717) is 37.1 Å². The predicted molar refractivity (Wildman–Crippen MR) is 87.4 cm³/mol. The molecule has 1 aromatic carbocycles. The van der Waals surface area contributed by atoms with Gasteiger partial charge < -0.3 is 14.9 Å². The number of hydrogen-bond donors (Lipinski definition) is 1. The topological polar surface area (TPSA) is 60.9 Å². The minimum absolute atomic E-state index is 0.198. The summed E-state index contributed by atoms with van der Waals surface area (Å²) in [6, 6.07) is 4.11. The molecule has 0 saturated carbocycles. The minimum atomic E-state index is -0.776. The maximum Gasteiger partial charge on any atom is 0.311 e. The van der Waals surface area contributed by atoms with Crippen LogP contribution in [0.15, 0.2) is 18.2 Å². The van der Waals surface area contributed by atoms with Gasteiger partial charge in [0.15, 0.2) is 0 Å². The summed E-state index contributed by atoms with van der Waals surface area (Å²) < 4.78 is 13.6. The fourth-order valence-electron chi connectivity index (χ4n) is 4.21. The molecule has 0 aromatic heterocycles. The molecule has 6 heteroatoms. The molecule has 24 heavy (non-hydrogen) atoms. The van der Waals surface area contributed by atoms with Gasteiger partial charge in [-0.25, -0.2) is 4.39 Å². The number of amides is 1. The second-order valence-corrected chi connectivity index (χ2v) is 7.08. The van der Waals surface area contributed by atoms with E-state index in [1.165, 1.54) is 12.1 Å². The van der Waals surface area contributed by atoms with E-state index in [4.69, 9.17) is 0 Å². The third kappa shape index (κ3) is 2.79. The van der Waals surface area contributed by atoms with Gasteiger partial charge in [-0.3, -0.25) is 9.59 Å². The number of hydrogen-bond acceptors (Lipinski definition) is 3. The number of benzene rings is 1. The number of aryl methyl sites for hydroxylation is 1. The number of fused-ring (bicyclic) bond motifs is 1. The Bertz CT molecular complexity index is 658. The van der Waals surface area contributed by atoms with Crippen LogP contribution in [-0.2, 0) is 4.79 Å². The smallest absolute Gasteiger partial charge is 0.311 e. The van der Waals surface area contributed by atoms with Crippen molar-refractivity contribution in [2.75, 3.05) is 26.7 Å². The van der Waals surface area contributed by atoms with E-state index in [9.17, 15) is 19.1 Å². The number of carbonyl (C=O) groups is 2. The Morgan fingerprint density at radius 2 is 2.00 bits per heavy atom. The van der Waals surface area contributed by atoms with Crippen molar-refractivity contribution in [3.63, 3.8) is 0 Å². The number of rotatable bonds is 2. The number of aliphatic carboxylic acids is 1. The van der Waals surface area contributed by atoms with E-state index in [-0.39, 0.29) is 11.9 Å². The molecule has 2 atom stereocenters. The summed E-state index contributed by atoms with van der Waals surface area (Å²) in [6.45, 7) is 3.35. The van der Waals surface area contributed by atoms with Crippen LogP contribution in [0.4, 0.5) is 4.39 Å². The van der Waals surface area contributed by atoms with Gasteiger partial charge in [0.1, 0.15) is 5.82 Å². The van der Waals surface area contributed by atoms with Gasteiger partial charge in [-0.1, -0.05) is 0 Å². The fourth-order valence-corrected chi connectivity index (χ4v) is 4.21. The number of halogens is 1. The molecule has 1 N–H and O–H groups in total.